The van der Waals surface area contributed by atoms with E-state index in [4.69, 9.17) is 0 Å². The molecule has 0 spiro atoms. The summed E-state index contributed by atoms with van der Waals surface area (Å²) in [5.41, 5.74) is 0. The fourth-order valence-corrected chi connectivity index (χ4v) is 9.58. The molecule has 0 aliphatic rings. The summed E-state index contributed by atoms with van der Waals surface area (Å²) >= 11 is -1.33. The molecule has 0 nitrogen and oxygen atoms in total. The van der Waals surface area contributed by atoms with Gasteiger partial charge < -0.3 is 0 Å². The van der Waals surface area contributed by atoms with Crippen molar-refractivity contribution >= 4 is 13.3 Å². The van der Waals surface area contributed by atoms with Crippen molar-refractivity contribution in [1.82, 2.24) is 0 Å². The van der Waals surface area contributed by atoms with Gasteiger partial charge in [0.05, 0.1) is 0 Å². The van der Waals surface area contributed by atoms with Crippen molar-refractivity contribution in [3.05, 3.63) is 0 Å². The van der Waals surface area contributed by atoms with Gasteiger partial charge in [0.1, 0.15) is 0 Å². The van der Waals surface area contributed by atoms with Gasteiger partial charge in [-0.05, 0) is 0 Å². The molecule has 68 valence electrons. The Kier molecular flexibility index (Phi) is 5.49. The summed E-state index contributed by atoms with van der Waals surface area (Å²) < 4.78 is 1.02. The van der Waals surface area contributed by atoms with Crippen LogP contribution in [0.1, 0.15) is 40.5 Å². The van der Waals surface area contributed by atoms with E-state index in [1.165, 1.54) is 12.8 Å². The molecular weight excluding hydrogens is 193 g/mol. The minimum atomic E-state index is -1.33. The molecule has 0 aliphatic heterocycles. The first-order chi connectivity index (χ1) is 5.06. The zero-order valence-electron chi connectivity index (χ0n) is 8.91. The zero-order chi connectivity index (χ0) is 8.91. The molecule has 0 radical (unpaired) electrons. The van der Waals surface area contributed by atoms with Gasteiger partial charge >= 0.3 is 74.8 Å². The molecule has 0 saturated carbocycles. The van der Waals surface area contributed by atoms with Crippen molar-refractivity contribution in [2.75, 3.05) is 0 Å². The second kappa shape index (κ2) is 5.23. The molecule has 0 bridgehead atoms. The molecule has 0 aliphatic carbocycles. The Balaban J connectivity index is 4.01. The van der Waals surface area contributed by atoms with Crippen molar-refractivity contribution in [2.45, 2.75) is 61.5 Å². The Morgan fingerprint density at radius 3 is 1.55 bits per heavy atom. The van der Waals surface area contributed by atoms with Gasteiger partial charge in [-0.15, -0.1) is 0 Å². The maximum absolute atomic E-state index is 2.62. The molecule has 0 aromatic rings. The molecule has 0 aromatic heterocycles. The van der Waals surface area contributed by atoms with E-state index in [9.17, 15) is 0 Å². The van der Waals surface area contributed by atoms with Crippen LogP contribution in [0, 0.1) is 0 Å². The Hall–Kier alpha value is 0.543. The van der Waals surface area contributed by atoms with E-state index in [1.54, 1.807) is 10.5 Å². The van der Waals surface area contributed by atoms with Gasteiger partial charge in [0, 0.05) is 0 Å². The summed E-state index contributed by atoms with van der Waals surface area (Å²) in [6.07, 6.45) is 2.82. The fourth-order valence-electron chi connectivity index (χ4n) is 1.84. The van der Waals surface area contributed by atoms with Gasteiger partial charge in [-0.25, -0.2) is 0 Å². The molecule has 0 fully saturated rings. The Labute approximate surface area is 75.1 Å². The van der Waals surface area contributed by atoms with Crippen molar-refractivity contribution in [1.29, 1.82) is 0 Å². The van der Waals surface area contributed by atoms with E-state index in [0.29, 0.717) is 0 Å². The minimum absolute atomic E-state index is 1.02. The first-order valence-corrected chi connectivity index (χ1v) is 11.3. The van der Waals surface area contributed by atoms with Gasteiger partial charge in [-0.3, -0.25) is 0 Å². The second-order valence-corrected chi connectivity index (χ2v) is 15.8. The van der Waals surface area contributed by atoms with Crippen molar-refractivity contribution in [3.63, 3.8) is 0 Å². The van der Waals surface area contributed by atoms with Crippen LogP contribution in [0.4, 0.5) is 0 Å². The van der Waals surface area contributed by atoms with Gasteiger partial charge in [0.25, 0.3) is 0 Å². The molecule has 0 heterocycles. The summed E-state index contributed by atoms with van der Waals surface area (Å²) in [5, 5.41) is 3.15. The monoisotopic (exact) mass is 218 g/mol. The third kappa shape index (κ3) is 3.64. The van der Waals surface area contributed by atoms with Crippen LogP contribution < -0.4 is 0 Å². The molecule has 0 unspecified atom stereocenters. The topological polar surface area (TPSA) is 0 Å². The Morgan fingerprint density at radius 1 is 1.00 bits per heavy atom. The fraction of sp³-hybridized carbons (Fsp3) is 1.00. The van der Waals surface area contributed by atoms with Gasteiger partial charge in [-0.2, -0.15) is 0 Å². The molecule has 1 heteroatoms. The van der Waals surface area contributed by atoms with Crippen molar-refractivity contribution in [3.8, 4) is 0 Å². The van der Waals surface area contributed by atoms with Crippen LogP contribution in [0.2, 0.25) is 21.0 Å². The predicted octanol–water partition coefficient (Wildman–Crippen LogP) is 4.30. The van der Waals surface area contributed by atoms with Crippen LogP contribution in [0.25, 0.3) is 0 Å². The van der Waals surface area contributed by atoms with E-state index < -0.39 is 13.3 Å². The third-order valence-corrected chi connectivity index (χ3v) is 15.8. The molecular formula is C10H24Ge. The van der Waals surface area contributed by atoms with Gasteiger partial charge in [0.2, 0.25) is 0 Å². The van der Waals surface area contributed by atoms with Crippen LogP contribution in [-0.4, -0.2) is 13.3 Å². The number of hydrogen-bond donors (Lipinski definition) is 0. The van der Waals surface area contributed by atoms with Crippen LogP contribution in [-0.2, 0) is 0 Å². The van der Waals surface area contributed by atoms with E-state index in [-0.39, 0.29) is 0 Å². The molecule has 11 heavy (non-hydrogen) atoms. The average molecular weight is 217 g/mol. The van der Waals surface area contributed by atoms with E-state index >= 15 is 0 Å². The first-order valence-electron chi connectivity index (χ1n) is 5.06. The quantitative estimate of drug-likeness (QED) is 0.602. The summed E-state index contributed by atoms with van der Waals surface area (Å²) in [7, 11) is 0. The first kappa shape index (κ1) is 11.5. The number of hydrogen-bond acceptors (Lipinski definition) is 0. The molecule has 0 N–H and O–H groups in total. The Morgan fingerprint density at radius 2 is 1.36 bits per heavy atom. The van der Waals surface area contributed by atoms with Crippen LogP contribution in [0.15, 0.2) is 0 Å². The van der Waals surface area contributed by atoms with E-state index in [1.807, 2.05) is 0 Å². The summed E-state index contributed by atoms with van der Waals surface area (Å²) in [4.78, 5) is 0. The predicted molar refractivity (Wildman–Crippen MR) is 56.9 cm³/mol. The van der Waals surface area contributed by atoms with Crippen LogP contribution in [0.5, 0.6) is 0 Å². The van der Waals surface area contributed by atoms with Crippen LogP contribution >= 0.6 is 0 Å². The average Bonchev–Trinajstić information content (AvgIpc) is 1.88. The molecule has 0 aromatic carbocycles. The maximum atomic E-state index is 2.62. The Bertz CT molecular complexity index is 91.0. The molecule has 0 rings (SSSR count). The second-order valence-electron chi connectivity index (χ2n) is 4.31. The zero-order valence-corrected chi connectivity index (χ0v) is 11.0. The van der Waals surface area contributed by atoms with E-state index in [0.717, 1.165) is 4.75 Å². The van der Waals surface area contributed by atoms with Gasteiger partial charge in [-0.1, -0.05) is 0 Å². The van der Waals surface area contributed by atoms with E-state index in [2.05, 4.69) is 33.5 Å². The number of rotatable bonds is 5. The van der Waals surface area contributed by atoms with Crippen molar-refractivity contribution in [2.24, 2.45) is 0 Å². The van der Waals surface area contributed by atoms with Crippen molar-refractivity contribution < 1.29 is 0 Å². The molecule has 0 amide bonds. The standard InChI is InChI=1S/C10H24Ge/c1-6-8-11(5,9-7-2)10(3)4/h10H,6-9H2,1-5H3. The molecule has 0 atom stereocenters. The van der Waals surface area contributed by atoms with Crippen LogP contribution in [0.3, 0.4) is 0 Å². The SMILES string of the molecule is CC[CH2][Ge]([CH3])([CH2]CC)[CH](C)C. The van der Waals surface area contributed by atoms with Gasteiger partial charge in [0.15, 0.2) is 0 Å². The summed E-state index contributed by atoms with van der Waals surface area (Å²) in [5.74, 6) is 2.62. The summed E-state index contributed by atoms with van der Waals surface area (Å²) in [6, 6.07) is 0. The normalized spacial score (nSPS) is 12.5. The third-order valence-electron chi connectivity index (χ3n) is 3.04. The summed E-state index contributed by atoms with van der Waals surface area (Å²) in [6.45, 7) is 9.54. The molecule has 0 saturated heterocycles.